The van der Waals surface area contributed by atoms with Gasteiger partial charge in [-0.2, -0.15) is 0 Å². The number of carbonyl (C=O) groups is 1. The Bertz CT molecular complexity index is 405. The van der Waals surface area contributed by atoms with Gasteiger partial charge in [0.1, 0.15) is 0 Å². The Morgan fingerprint density at radius 2 is 1.76 bits per heavy atom. The maximum absolute atomic E-state index is 12.0. The van der Waals surface area contributed by atoms with E-state index in [0.29, 0.717) is 12.3 Å². The Kier molecular flexibility index (Phi) is 9.52. The molecule has 0 bridgehead atoms. The molecule has 116 valence electrons. The number of unbranched alkanes of at least 4 members (excludes halogenated alkanes) is 4. The van der Waals surface area contributed by atoms with Gasteiger partial charge in [-0.05, 0) is 18.8 Å². The minimum absolute atomic E-state index is 0.213. The number of hydrogen-bond acceptors (Lipinski definition) is 1. The van der Waals surface area contributed by atoms with E-state index in [9.17, 15) is 4.79 Å². The number of Topliss-reactive ketones (excluding diaryl/α,β-unsaturated/α-hetero) is 1. The Labute approximate surface area is 130 Å². The average Bonchev–Trinajstić information content (AvgIpc) is 2.53. The molecule has 0 radical (unpaired) electrons. The van der Waals surface area contributed by atoms with Gasteiger partial charge in [-0.1, -0.05) is 88.4 Å². The maximum atomic E-state index is 12.0. The Balaban J connectivity index is 2.27. The molecule has 1 nitrogen and oxygen atoms in total. The highest BCUT2D eigenvalue weighted by Crippen LogP contribution is 2.16. The summed E-state index contributed by atoms with van der Waals surface area (Å²) >= 11 is 0. The van der Waals surface area contributed by atoms with Crippen molar-refractivity contribution in [1.29, 1.82) is 0 Å². The fourth-order valence-electron chi connectivity index (χ4n) is 2.56. The van der Waals surface area contributed by atoms with Crippen LogP contribution in [0, 0.1) is 5.92 Å². The molecule has 0 N–H and O–H groups in total. The summed E-state index contributed by atoms with van der Waals surface area (Å²) in [7, 11) is 0. The van der Waals surface area contributed by atoms with Crippen molar-refractivity contribution in [1.82, 2.24) is 0 Å². The predicted octanol–water partition coefficient (Wildman–Crippen LogP) is 6.20. The van der Waals surface area contributed by atoms with Crippen LogP contribution in [-0.2, 0) is 0 Å². The van der Waals surface area contributed by atoms with Gasteiger partial charge in [-0.25, -0.2) is 0 Å². The van der Waals surface area contributed by atoms with Gasteiger partial charge in [0.15, 0.2) is 5.78 Å². The quantitative estimate of drug-likeness (QED) is 0.269. The van der Waals surface area contributed by atoms with E-state index in [2.05, 4.69) is 26.0 Å². The van der Waals surface area contributed by atoms with E-state index in [1.807, 2.05) is 30.3 Å². The number of rotatable bonds is 11. The van der Waals surface area contributed by atoms with Crippen LogP contribution in [0.5, 0.6) is 0 Å². The van der Waals surface area contributed by atoms with Crippen molar-refractivity contribution in [2.45, 2.75) is 65.2 Å². The summed E-state index contributed by atoms with van der Waals surface area (Å²) in [5.41, 5.74) is 0.815. The first-order valence-electron chi connectivity index (χ1n) is 8.52. The van der Waals surface area contributed by atoms with E-state index in [1.165, 1.54) is 44.9 Å². The minimum atomic E-state index is 0.213. The van der Waals surface area contributed by atoms with Crippen molar-refractivity contribution in [3.63, 3.8) is 0 Å². The van der Waals surface area contributed by atoms with Crippen LogP contribution in [0.3, 0.4) is 0 Å². The molecule has 0 aromatic heterocycles. The molecule has 0 spiro atoms. The lowest BCUT2D eigenvalue weighted by Gasteiger charge is -2.09. The molecule has 1 rings (SSSR count). The zero-order valence-corrected chi connectivity index (χ0v) is 13.7. The lowest BCUT2D eigenvalue weighted by atomic mass is 9.96. The zero-order chi connectivity index (χ0) is 15.3. The van der Waals surface area contributed by atoms with Crippen LogP contribution < -0.4 is 0 Å². The third-order valence-corrected chi connectivity index (χ3v) is 4.01. The lowest BCUT2D eigenvalue weighted by molar-refractivity contribution is 0.0995. The van der Waals surface area contributed by atoms with Crippen LogP contribution >= 0.6 is 0 Å². The molecule has 1 aromatic rings. The van der Waals surface area contributed by atoms with Crippen molar-refractivity contribution < 1.29 is 4.79 Å². The topological polar surface area (TPSA) is 17.1 Å². The Morgan fingerprint density at radius 3 is 2.43 bits per heavy atom. The smallest absolute Gasteiger partial charge is 0.166 e. The normalized spacial score (nSPS) is 12.7. The summed E-state index contributed by atoms with van der Waals surface area (Å²) in [5.74, 6) is 0.847. The molecule has 21 heavy (non-hydrogen) atoms. The third kappa shape index (κ3) is 7.84. The second-order valence-corrected chi connectivity index (χ2v) is 5.79. The van der Waals surface area contributed by atoms with Crippen LogP contribution in [-0.4, -0.2) is 5.78 Å². The van der Waals surface area contributed by atoms with Gasteiger partial charge >= 0.3 is 0 Å². The van der Waals surface area contributed by atoms with Crippen LogP contribution in [0.2, 0.25) is 0 Å². The van der Waals surface area contributed by atoms with Crippen molar-refractivity contribution in [3.8, 4) is 0 Å². The summed E-state index contributed by atoms with van der Waals surface area (Å²) in [5, 5.41) is 0. The van der Waals surface area contributed by atoms with Gasteiger partial charge in [-0.15, -0.1) is 0 Å². The second-order valence-electron chi connectivity index (χ2n) is 5.79. The summed E-state index contributed by atoms with van der Waals surface area (Å²) in [6.45, 7) is 4.49. The van der Waals surface area contributed by atoms with Crippen LogP contribution in [0.25, 0.3) is 0 Å². The highest BCUT2D eigenvalue weighted by molar-refractivity contribution is 5.96. The molecule has 1 heteroatoms. The van der Waals surface area contributed by atoms with E-state index in [-0.39, 0.29) is 5.78 Å². The number of benzene rings is 1. The molecule has 0 aliphatic carbocycles. The SMILES string of the molecule is CCCCCCCC(/C=C/CC(=O)c1ccccc1)CC. The number of carbonyl (C=O) groups excluding carboxylic acids is 1. The zero-order valence-electron chi connectivity index (χ0n) is 13.7. The van der Waals surface area contributed by atoms with E-state index < -0.39 is 0 Å². The van der Waals surface area contributed by atoms with Crippen molar-refractivity contribution in [3.05, 3.63) is 48.0 Å². The van der Waals surface area contributed by atoms with Gasteiger partial charge in [0, 0.05) is 12.0 Å². The highest BCUT2D eigenvalue weighted by Gasteiger charge is 2.04. The van der Waals surface area contributed by atoms with Gasteiger partial charge < -0.3 is 0 Å². The van der Waals surface area contributed by atoms with E-state index in [0.717, 1.165) is 5.56 Å². The summed E-state index contributed by atoms with van der Waals surface area (Å²) in [6.07, 6.45) is 14.0. The van der Waals surface area contributed by atoms with Crippen molar-refractivity contribution in [2.24, 2.45) is 5.92 Å². The van der Waals surface area contributed by atoms with Crippen LogP contribution in [0.4, 0.5) is 0 Å². The fraction of sp³-hybridized carbons (Fsp3) is 0.550. The number of hydrogen-bond donors (Lipinski definition) is 0. The standard InChI is InChI=1S/C20H30O/c1-3-5-6-7-9-13-18(4-2)14-12-17-20(21)19-15-10-8-11-16-19/h8,10-12,14-16,18H,3-7,9,13,17H2,1-2H3/b14-12+. The second kappa shape index (κ2) is 11.3. The van der Waals surface area contributed by atoms with E-state index in [4.69, 9.17) is 0 Å². The van der Waals surface area contributed by atoms with Gasteiger partial charge in [-0.3, -0.25) is 4.79 Å². The minimum Gasteiger partial charge on any atom is -0.294 e. The maximum Gasteiger partial charge on any atom is 0.166 e. The molecule has 0 aliphatic rings. The number of ketones is 1. The number of allylic oxidation sites excluding steroid dienone is 2. The molecular weight excluding hydrogens is 256 g/mol. The first kappa shape index (κ1) is 17.7. The van der Waals surface area contributed by atoms with E-state index in [1.54, 1.807) is 0 Å². The molecule has 1 atom stereocenters. The van der Waals surface area contributed by atoms with Crippen molar-refractivity contribution >= 4 is 5.78 Å². The predicted molar refractivity (Wildman–Crippen MR) is 91.7 cm³/mol. The van der Waals surface area contributed by atoms with Gasteiger partial charge in [0.2, 0.25) is 0 Å². The molecule has 0 saturated heterocycles. The summed E-state index contributed by atoms with van der Waals surface area (Å²) in [6, 6.07) is 9.56. The Hall–Kier alpha value is -1.37. The largest absolute Gasteiger partial charge is 0.294 e. The van der Waals surface area contributed by atoms with Crippen molar-refractivity contribution in [2.75, 3.05) is 0 Å². The first-order valence-corrected chi connectivity index (χ1v) is 8.52. The summed E-state index contributed by atoms with van der Waals surface area (Å²) < 4.78 is 0. The van der Waals surface area contributed by atoms with Gasteiger partial charge in [0.05, 0.1) is 0 Å². The van der Waals surface area contributed by atoms with Crippen LogP contribution in [0.1, 0.15) is 75.6 Å². The molecule has 1 unspecified atom stereocenters. The highest BCUT2D eigenvalue weighted by atomic mass is 16.1. The Morgan fingerprint density at radius 1 is 1.05 bits per heavy atom. The monoisotopic (exact) mass is 286 g/mol. The molecule has 0 aliphatic heterocycles. The molecule has 1 aromatic carbocycles. The van der Waals surface area contributed by atoms with Crippen LogP contribution in [0.15, 0.2) is 42.5 Å². The lowest BCUT2D eigenvalue weighted by Crippen LogP contribution is -1.98. The molecule has 0 amide bonds. The summed E-state index contributed by atoms with van der Waals surface area (Å²) in [4.78, 5) is 12.0. The molecule has 0 heterocycles. The average molecular weight is 286 g/mol. The first-order chi connectivity index (χ1) is 10.3. The molecule has 0 fully saturated rings. The van der Waals surface area contributed by atoms with Gasteiger partial charge in [0.25, 0.3) is 0 Å². The molecular formula is C20H30O. The molecule has 0 saturated carbocycles. The third-order valence-electron chi connectivity index (χ3n) is 4.01. The fourth-order valence-corrected chi connectivity index (χ4v) is 2.56. The van der Waals surface area contributed by atoms with E-state index >= 15 is 0 Å².